The molecule has 0 atom stereocenters. The summed E-state index contributed by atoms with van der Waals surface area (Å²) in [6, 6.07) is 18.3. The number of furan rings is 1. The molecule has 1 aromatic heterocycles. The van der Waals surface area contributed by atoms with Crippen molar-refractivity contribution in [2.75, 3.05) is 5.32 Å². The summed E-state index contributed by atoms with van der Waals surface area (Å²) < 4.78 is 5.67. The van der Waals surface area contributed by atoms with Gasteiger partial charge in [-0.25, -0.2) is 0 Å². The molecule has 2 N–H and O–H groups in total. The highest BCUT2D eigenvalue weighted by molar-refractivity contribution is 7.80. The van der Waals surface area contributed by atoms with E-state index in [2.05, 4.69) is 16.7 Å². The highest BCUT2D eigenvalue weighted by Gasteiger charge is 2.14. The zero-order valence-electron chi connectivity index (χ0n) is 14.9. The molecular formula is C21H17N3O2S. The first-order chi connectivity index (χ1) is 13.0. The Labute approximate surface area is 162 Å². The number of para-hydroxylation sites is 1. The lowest BCUT2D eigenvalue weighted by molar-refractivity contribution is 0.0951. The fourth-order valence-electron chi connectivity index (χ4n) is 2.52. The van der Waals surface area contributed by atoms with E-state index in [0.29, 0.717) is 17.0 Å². The van der Waals surface area contributed by atoms with Gasteiger partial charge in [-0.1, -0.05) is 24.3 Å². The number of nitrogens with zero attached hydrogens (tertiary/aromatic N) is 1. The Morgan fingerprint density at radius 3 is 2.59 bits per heavy atom. The van der Waals surface area contributed by atoms with Crippen LogP contribution in [0.25, 0.3) is 11.3 Å². The average molecular weight is 375 g/mol. The van der Waals surface area contributed by atoms with E-state index in [4.69, 9.17) is 21.9 Å². The van der Waals surface area contributed by atoms with Crippen molar-refractivity contribution in [3.63, 3.8) is 0 Å². The molecule has 27 heavy (non-hydrogen) atoms. The number of thiocarbonyl (C=S) groups is 1. The zero-order valence-corrected chi connectivity index (χ0v) is 15.7. The molecule has 134 valence electrons. The highest BCUT2D eigenvalue weighted by Crippen LogP contribution is 2.24. The van der Waals surface area contributed by atoms with Crippen molar-refractivity contribution >= 4 is 28.9 Å². The first-order valence-corrected chi connectivity index (χ1v) is 8.67. The zero-order chi connectivity index (χ0) is 19.4. The smallest absolute Gasteiger partial charge is 0.293 e. The highest BCUT2D eigenvalue weighted by atomic mass is 32.1. The van der Waals surface area contributed by atoms with Crippen molar-refractivity contribution in [2.45, 2.75) is 13.8 Å². The van der Waals surface area contributed by atoms with Crippen molar-refractivity contribution < 1.29 is 9.21 Å². The third-order valence-corrected chi connectivity index (χ3v) is 4.35. The molecule has 6 heteroatoms. The van der Waals surface area contributed by atoms with E-state index in [1.807, 2.05) is 32.0 Å². The van der Waals surface area contributed by atoms with Crippen LogP contribution in [-0.2, 0) is 0 Å². The molecule has 1 amide bonds. The number of amides is 1. The summed E-state index contributed by atoms with van der Waals surface area (Å²) in [4.78, 5) is 12.4. The number of hydrogen-bond acceptors (Lipinski definition) is 4. The second-order valence-corrected chi connectivity index (χ2v) is 6.44. The number of hydrogen-bond donors (Lipinski definition) is 2. The second-order valence-electron chi connectivity index (χ2n) is 6.03. The van der Waals surface area contributed by atoms with Gasteiger partial charge in [-0.3, -0.25) is 10.1 Å². The molecule has 2 aromatic carbocycles. The number of anilines is 1. The minimum atomic E-state index is -0.461. The van der Waals surface area contributed by atoms with Crippen molar-refractivity contribution in [1.29, 1.82) is 5.26 Å². The number of nitrogens with one attached hydrogen (secondary N) is 2. The van der Waals surface area contributed by atoms with Gasteiger partial charge in [0.1, 0.15) is 11.8 Å². The molecule has 0 aliphatic rings. The van der Waals surface area contributed by atoms with Gasteiger partial charge in [-0.15, -0.1) is 0 Å². The van der Waals surface area contributed by atoms with E-state index in [0.717, 1.165) is 11.1 Å². The Morgan fingerprint density at radius 2 is 1.85 bits per heavy atom. The summed E-state index contributed by atoms with van der Waals surface area (Å²) in [6.45, 7) is 4.07. The van der Waals surface area contributed by atoms with Gasteiger partial charge in [-0.2, -0.15) is 5.26 Å². The van der Waals surface area contributed by atoms with Gasteiger partial charge in [0.05, 0.1) is 11.3 Å². The molecule has 0 saturated heterocycles. The van der Waals surface area contributed by atoms with Crippen LogP contribution in [0, 0.1) is 25.2 Å². The van der Waals surface area contributed by atoms with Crippen molar-refractivity contribution in [3.8, 4) is 17.4 Å². The molecule has 1 heterocycles. The SMILES string of the molecule is Cc1ccc(-c2ccc(C(=O)NC(=S)Nc3ccccc3C#N)o2)cc1C. The predicted octanol–water partition coefficient (Wildman–Crippen LogP) is 4.56. The van der Waals surface area contributed by atoms with E-state index < -0.39 is 5.91 Å². The Balaban J connectivity index is 1.70. The molecule has 0 aliphatic carbocycles. The van der Waals surface area contributed by atoms with Crippen LogP contribution in [0.2, 0.25) is 0 Å². The number of nitriles is 1. The van der Waals surface area contributed by atoms with E-state index in [9.17, 15) is 4.79 Å². The molecule has 0 radical (unpaired) electrons. The summed E-state index contributed by atoms with van der Waals surface area (Å²) in [5.74, 6) is 0.301. The van der Waals surface area contributed by atoms with Crippen LogP contribution in [0.5, 0.6) is 0 Å². The fourth-order valence-corrected chi connectivity index (χ4v) is 2.72. The lowest BCUT2D eigenvalue weighted by atomic mass is 10.1. The van der Waals surface area contributed by atoms with Gasteiger partial charge in [0.15, 0.2) is 10.9 Å². The molecule has 0 unspecified atom stereocenters. The molecule has 0 saturated carbocycles. The topological polar surface area (TPSA) is 78.1 Å². The largest absolute Gasteiger partial charge is 0.451 e. The maximum Gasteiger partial charge on any atom is 0.293 e. The maximum atomic E-state index is 12.4. The van der Waals surface area contributed by atoms with Gasteiger partial charge in [0.2, 0.25) is 0 Å². The van der Waals surface area contributed by atoms with Crippen LogP contribution in [0.4, 0.5) is 5.69 Å². The number of benzene rings is 2. The Morgan fingerprint density at radius 1 is 1.07 bits per heavy atom. The van der Waals surface area contributed by atoms with Crippen LogP contribution >= 0.6 is 12.2 Å². The lowest BCUT2D eigenvalue weighted by Crippen LogP contribution is -2.34. The summed E-state index contributed by atoms with van der Waals surface area (Å²) in [6.07, 6.45) is 0. The molecule has 0 spiro atoms. The Kier molecular flexibility index (Phi) is 5.34. The summed E-state index contributed by atoms with van der Waals surface area (Å²) in [7, 11) is 0. The molecule has 0 aliphatic heterocycles. The van der Waals surface area contributed by atoms with Crippen molar-refractivity contribution in [1.82, 2.24) is 5.32 Å². The first kappa shape index (κ1) is 18.4. The second kappa shape index (κ2) is 7.85. The van der Waals surface area contributed by atoms with Crippen LogP contribution < -0.4 is 10.6 Å². The van der Waals surface area contributed by atoms with Crippen LogP contribution in [0.15, 0.2) is 59.0 Å². The van der Waals surface area contributed by atoms with E-state index in [1.54, 1.807) is 36.4 Å². The fraction of sp³-hybridized carbons (Fsp3) is 0.0952. The van der Waals surface area contributed by atoms with Gasteiger partial charge >= 0.3 is 0 Å². The van der Waals surface area contributed by atoms with Gasteiger partial charge in [0, 0.05) is 5.56 Å². The lowest BCUT2D eigenvalue weighted by Gasteiger charge is -2.09. The summed E-state index contributed by atoms with van der Waals surface area (Å²) >= 11 is 5.16. The van der Waals surface area contributed by atoms with Gasteiger partial charge in [0.25, 0.3) is 5.91 Å². The third kappa shape index (κ3) is 4.22. The summed E-state index contributed by atoms with van der Waals surface area (Å²) in [5, 5.41) is 14.6. The normalized spacial score (nSPS) is 10.1. The molecule has 0 fully saturated rings. The Bertz CT molecular complexity index is 1060. The average Bonchev–Trinajstić information content (AvgIpc) is 3.14. The molecule has 3 aromatic rings. The predicted molar refractivity (Wildman–Crippen MR) is 108 cm³/mol. The molecule has 5 nitrogen and oxygen atoms in total. The van der Waals surface area contributed by atoms with E-state index in [1.165, 1.54) is 5.56 Å². The monoisotopic (exact) mass is 375 g/mol. The van der Waals surface area contributed by atoms with Crippen LogP contribution in [0.3, 0.4) is 0 Å². The number of aryl methyl sites for hydroxylation is 2. The molecular weight excluding hydrogens is 358 g/mol. The van der Waals surface area contributed by atoms with Crippen LogP contribution in [-0.4, -0.2) is 11.0 Å². The van der Waals surface area contributed by atoms with Crippen LogP contribution in [0.1, 0.15) is 27.2 Å². The molecule has 3 rings (SSSR count). The third-order valence-electron chi connectivity index (χ3n) is 4.14. The van der Waals surface area contributed by atoms with Crippen molar-refractivity contribution in [2.24, 2.45) is 0 Å². The Hall–Kier alpha value is -3.43. The molecule has 0 bridgehead atoms. The minimum absolute atomic E-state index is 0.0897. The number of rotatable bonds is 3. The minimum Gasteiger partial charge on any atom is -0.451 e. The first-order valence-electron chi connectivity index (χ1n) is 8.27. The standard InChI is InChI=1S/C21H17N3O2S/c1-13-7-8-15(11-14(13)2)18-9-10-19(26-18)20(25)24-21(27)23-17-6-4-3-5-16(17)12-22/h3-11H,1-2H3,(H2,23,24,25,27). The number of carbonyl (C=O) groups is 1. The van der Waals surface area contributed by atoms with Gasteiger partial charge < -0.3 is 9.73 Å². The number of carbonyl (C=O) groups excluding carboxylic acids is 1. The van der Waals surface area contributed by atoms with Gasteiger partial charge in [-0.05, 0) is 67.5 Å². The van der Waals surface area contributed by atoms with Crippen molar-refractivity contribution in [3.05, 3.63) is 77.0 Å². The van der Waals surface area contributed by atoms with E-state index >= 15 is 0 Å². The maximum absolute atomic E-state index is 12.4. The van der Waals surface area contributed by atoms with E-state index in [-0.39, 0.29) is 10.9 Å². The summed E-state index contributed by atoms with van der Waals surface area (Å²) in [5.41, 5.74) is 4.21. The quantitative estimate of drug-likeness (QED) is 0.656.